The number of amides is 1. The Morgan fingerprint density at radius 1 is 1.21 bits per heavy atom. The van der Waals surface area contributed by atoms with E-state index >= 15 is 0 Å². The first kappa shape index (κ1) is 20.5. The number of primary amides is 1. The molecule has 5 nitrogen and oxygen atoms in total. The van der Waals surface area contributed by atoms with Gasteiger partial charge in [-0.2, -0.15) is 0 Å². The molecule has 0 bridgehead atoms. The van der Waals surface area contributed by atoms with Crippen molar-refractivity contribution >= 4 is 5.91 Å². The van der Waals surface area contributed by atoms with E-state index in [2.05, 4.69) is 41.0 Å². The lowest BCUT2D eigenvalue weighted by molar-refractivity contribution is -0.111. The van der Waals surface area contributed by atoms with Crippen LogP contribution >= 0.6 is 0 Å². The summed E-state index contributed by atoms with van der Waals surface area (Å²) in [7, 11) is 4.01. The lowest BCUT2D eigenvalue weighted by Gasteiger charge is -2.52. The lowest BCUT2D eigenvalue weighted by atomic mass is 9.75. The number of piperidine rings is 1. The van der Waals surface area contributed by atoms with E-state index in [1.54, 1.807) is 18.2 Å². The third-order valence-corrected chi connectivity index (χ3v) is 6.04. The fourth-order valence-electron chi connectivity index (χ4n) is 4.61. The standard InChI is InChI=1S/C23H31N3O2/c1-17-21(25(2)3)23(28,20-11-7-10-19(16-20)22(24)27)13-15-26(17)14-12-18-8-5-4-6-9-18/h4-11,16-17,21,28H,12-15H2,1-3H3,(H2,24,27). The van der Waals surface area contributed by atoms with Gasteiger partial charge in [0.1, 0.15) is 5.60 Å². The van der Waals surface area contributed by atoms with E-state index in [9.17, 15) is 9.90 Å². The second-order valence-corrected chi connectivity index (χ2v) is 8.04. The second kappa shape index (κ2) is 8.43. The number of carbonyl (C=O) groups excluding carboxylic acids is 1. The van der Waals surface area contributed by atoms with Gasteiger partial charge >= 0.3 is 0 Å². The number of nitrogens with zero attached hydrogens (tertiary/aromatic N) is 2. The van der Waals surface area contributed by atoms with Crippen molar-refractivity contribution in [3.63, 3.8) is 0 Å². The average Bonchev–Trinajstić information content (AvgIpc) is 2.68. The van der Waals surface area contributed by atoms with Crippen molar-refractivity contribution in [3.05, 3.63) is 71.3 Å². The largest absolute Gasteiger partial charge is 0.383 e. The summed E-state index contributed by atoms with van der Waals surface area (Å²) in [6.45, 7) is 3.93. The molecule has 5 heteroatoms. The van der Waals surface area contributed by atoms with Crippen molar-refractivity contribution in [2.45, 2.75) is 37.5 Å². The minimum absolute atomic E-state index is 0.0971. The maximum atomic E-state index is 11.7. The maximum absolute atomic E-state index is 11.7. The molecule has 3 atom stereocenters. The van der Waals surface area contributed by atoms with Crippen LogP contribution in [0.3, 0.4) is 0 Å². The minimum atomic E-state index is -1.03. The third-order valence-electron chi connectivity index (χ3n) is 6.04. The van der Waals surface area contributed by atoms with Crippen molar-refractivity contribution in [1.82, 2.24) is 9.80 Å². The van der Waals surface area contributed by atoms with Crippen molar-refractivity contribution in [2.75, 3.05) is 27.2 Å². The van der Waals surface area contributed by atoms with Crippen molar-refractivity contribution in [2.24, 2.45) is 5.73 Å². The van der Waals surface area contributed by atoms with Crippen LogP contribution in [0.15, 0.2) is 54.6 Å². The number of carbonyl (C=O) groups is 1. The number of rotatable bonds is 6. The van der Waals surface area contributed by atoms with Gasteiger partial charge in [-0.1, -0.05) is 42.5 Å². The Morgan fingerprint density at radius 2 is 1.93 bits per heavy atom. The molecule has 0 aliphatic carbocycles. The molecule has 0 saturated carbocycles. The summed E-state index contributed by atoms with van der Waals surface area (Å²) in [5, 5.41) is 11.7. The fraction of sp³-hybridized carbons (Fsp3) is 0.435. The smallest absolute Gasteiger partial charge is 0.248 e. The first-order valence-corrected chi connectivity index (χ1v) is 9.90. The van der Waals surface area contributed by atoms with E-state index in [0.717, 1.165) is 25.1 Å². The molecule has 3 N–H and O–H groups in total. The van der Waals surface area contributed by atoms with Gasteiger partial charge in [-0.3, -0.25) is 9.69 Å². The van der Waals surface area contributed by atoms with Gasteiger partial charge in [-0.25, -0.2) is 0 Å². The number of hydrogen-bond acceptors (Lipinski definition) is 4. The van der Waals surface area contributed by atoms with Gasteiger partial charge in [0, 0.05) is 24.7 Å². The number of likely N-dealkylation sites (tertiary alicyclic amines) is 1. The molecule has 150 valence electrons. The highest BCUT2D eigenvalue weighted by atomic mass is 16.3. The van der Waals surface area contributed by atoms with E-state index < -0.39 is 11.5 Å². The van der Waals surface area contributed by atoms with Crippen LogP contribution < -0.4 is 5.73 Å². The van der Waals surface area contributed by atoms with E-state index in [1.807, 2.05) is 26.2 Å². The highest BCUT2D eigenvalue weighted by Gasteiger charge is 2.48. The highest BCUT2D eigenvalue weighted by molar-refractivity contribution is 5.92. The van der Waals surface area contributed by atoms with Crippen molar-refractivity contribution in [3.8, 4) is 0 Å². The summed E-state index contributed by atoms with van der Waals surface area (Å²) in [5.74, 6) is -0.472. The van der Waals surface area contributed by atoms with E-state index in [4.69, 9.17) is 5.73 Å². The van der Waals surface area contributed by atoms with E-state index in [-0.39, 0.29) is 12.1 Å². The van der Waals surface area contributed by atoms with Crippen LogP contribution in [0.4, 0.5) is 0 Å². The van der Waals surface area contributed by atoms with Crippen LogP contribution in [0.25, 0.3) is 0 Å². The van der Waals surface area contributed by atoms with Gasteiger partial charge in [0.15, 0.2) is 0 Å². The Kier molecular flexibility index (Phi) is 6.18. The summed E-state index contributed by atoms with van der Waals surface area (Å²) in [5.41, 5.74) is 6.94. The normalized spacial score (nSPS) is 25.8. The Hall–Kier alpha value is -2.21. The molecule has 3 rings (SSSR count). The van der Waals surface area contributed by atoms with E-state index in [0.29, 0.717) is 12.0 Å². The number of aliphatic hydroxyl groups is 1. The van der Waals surface area contributed by atoms with Gasteiger partial charge in [-0.15, -0.1) is 0 Å². The summed E-state index contributed by atoms with van der Waals surface area (Å²) in [4.78, 5) is 16.2. The first-order chi connectivity index (χ1) is 13.3. The van der Waals surface area contributed by atoms with Crippen LogP contribution in [-0.4, -0.2) is 60.1 Å². The fourth-order valence-corrected chi connectivity index (χ4v) is 4.61. The molecule has 1 fully saturated rings. The zero-order valence-corrected chi connectivity index (χ0v) is 17.0. The van der Waals surface area contributed by atoms with Crippen LogP contribution in [0, 0.1) is 0 Å². The molecule has 2 aromatic rings. The van der Waals surface area contributed by atoms with E-state index in [1.165, 1.54) is 5.56 Å². The quantitative estimate of drug-likeness (QED) is 0.805. The van der Waals surface area contributed by atoms with Crippen LogP contribution in [-0.2, 0) is 12.0 Å². The predicted octanol–water partition coefficient (Wildman–Crippen LogP) is 2.24. The summed E-state index contributed by atoms with van der Waals surface area (Å²) in [6.07, 6.45) is 1.60. The molecule has 1 aliphatic heterocycles. The monoisotopic (exact) mass is 381 g/mol. The van der Waals surface area contributed by atoms with Gasteiger partial charge < -0.3 is 15.7 Å². The van der Waals surface area contributed by atoms with Crippen LogP contribution in [0.2, 0.25) is 0 Å². The SMILES string of the molecule is CC1C(N(C)C)C(O)(c2cccc(C(N)=O)c2)CCN1CCc1ccccc1. The third kappa shape index (κ3) is 4.12. The predicted molar refractivity (Wildman–Crippen MR) is 112 cm³/mol. The molecule has 1 heterocycles. The summed E-state index contributed by atoms with van der Waals surface area (Å²) < 4.78 is 0. The molecule has 1 saturated heterocycles. The van der Waals surface area contributed by atoms with Crippen molar-refractivity contribution in [1.29, 1.82) is 0 Å². The van der Waals surface area contributed by atoms with Gasteiger partial charge in [0.2, 0.25) is 5.91 Å². The number of hydrogen-bond donors (Lipinski definition) is 2. The Labute approximate surface area is 167 Å². The molecular formula is C23H31N3O2. The number of likely N-dealkylation sites (N-methyl/N-ethyl adjacent to an activating group) is 1. The van der Waals surface area contributed by atoms with Crippen molar-refractivity contribution < 1.29 is 9.90 Å². The van der Waals surface area contributed by atoms with Crippen LogP contribution in [0.1, 0.15) is 34.8 Å². The topological polar surface area (TPSA) is 69.8 Å². The molecule has 2 aromatic carbocycles. The summed E-state index contributed by atoms with van der Waals surface area (Å²) >= 11 is 0. The number of nitrogens with two attached hydrogens (primary N) is 1. The molecule has 1 aliphatic rings. The molecule has 3 unspecified atom stereocenters. The first-order valence-electron chi connectivity index (χ1n) is 9.90. The number of benzene rings is 2. The van der Waals surface area contributed by atoms with Gasteiger partial charge in [-0.05, 0) is 57.1 Å². The Balaban J connectivity index is 1.83. The molecule has 0 aromatic heterocycles. The van der Waals surface area contributed by atoms with Gasteiger partial charge in [0.25, 0.3) is 0 Å². The zero-order valence-electron chi connectivity index (χ0n) is 17.0. The maximum Gasteiger partial charge on any atom is 0.248 e. The second-order valence-electron chi connectivity index (χ2n) is 8.04. The van der Waals surface area contributed by atoms with Gasteiger partial charge in [0.05, 0.1) is 6.04 Å². The highest BCUT2D eigenvalue weighted by Crippen LogP contribution is 2.38. The minimum Gasteiger partial charge on any atom is -0.383 e. The molecule has 28 heavy (non-hydrogen) atoms. The van der Waals surface area contributed by atoms with Crippen LogP contribution in [0.5, 0.6) is 0 Å². The Bertz CT molecular complexity index is 809. The molecule has 0 spiro atoms. The average molecular weight is 382 g/mol. The summed E-state index contributed by atoms with van der Waals surface area (Å²) in [6, 6.07) is 17.7. The Morgan fingerprint density at radius 3 is 2.57 bits per heavy atom. The zero-order chi connectivity index (χ0) is 20.3. The molecule has 0 radical (unpaired) electrons. The molecular weight excluding hydrogens is 350 g/mol. The lowest BCUT2D eigenvalue weighted by Crippen LogP contribution is -2.63. The molecule has 1 amide bonds.